The number of hydrogen-bond donors (Lipinski definition) is 0. The molecular weight excluding hydrogens is 164 g/mol. The van der Waals surface area contributed by atoms with Crippen LogP contribution in [0.15, 0.2) is 0 Å². The Labute approximate surface area is 80.7 Å². The molecule has 0 aromatic heterocycles. The zero-order valence-corrected chi connectivity index (χ0v) is 8.88. The van der Waals surface area contributed by atoms with Crippen LogP contribution in [-0.4, -0.2) is 18.5 Å². The summed E-state index contributed by atoms with van der Waals surface area (Å²) in [7, 11) is 0. The van der Waals surface area contributed by atoms with Gasteiger partial charge in [0.1, 0.15) is 5.78 Å². The molecule has 1 aliphatic rings. The summed E-state index contributed by atoms with van der Waals surface area (Å²) in [6.07, 6.45) is 3.02. The first-order chi connectivity index (χ1) is 6.20. The van der Waals surface area contributed by atoms with Gasteiger partial charge in [-0.15, -0.1) is 0 Å². The maximum Gasteiger partial charge on any atom is 0.141 e. The standard InChI is InChI=1S/C11H20O2/c1-4-9(5-2)11(12)10-6-7-13-8(10)3/h8-10H,4-7H2,1-3H3. The summed E-state index contributed by atoms with van der Waals surface area (Å²) in [5.74, 6) is 0.856. The molecule has 1 saturated heterocycles. The van der Waals surface area contributed by atoms with Gasteiger partial charge in [-0.2, -0.15) is 0 Å². The van der Waals surface area contributed by atoms with E-state index < -0.39 is 0 Å². The highest BCUT2D eigenvalue weighted by Gasteiger charge is 2.33. The predicted octanol–water partition coefficient (Wildman–Crippen LogP) is 2.42. The van der Waals surface area contributed by atoms with Gasteiger partial charge in [0, 0.05) is 18.4 Å². The van der Waals surface area contributed by atoms with E-state index >= 15 is 0 Å². The number of Topliss-reactive ketones (excluding diaryl/α,β-unsaturated/α-hetero) is 1. The Morgan fingerprint density at radius 3 is 2.46 bits per heavy atom. The second kappa shape index (κ2) is 4.75. The van der Waals surface area contributed by atoms with E-state index in [9.17, 15) is 4.79 Å². The first-order valence-electron chi connectivity index (χ1n) is 5.36. The lowest BCUT2D eigenvalue weighted by molar-refractivity contribution is -0.128. The van der Waals surface area contributed by atoms with Gasteiger partial charge in [-0.25, -0.2) is 0 Å². The highest BCUT2D eigenvalue weighted by molar-refractivity contribution is 5.84. The molecule has 0 spiro atoms. The van der Waals surface area contributed by atoms with Crippen LogP contribution >= 0.6 is 0 Å². The van der Waals surface area contributed by atoms with Crippen molar-refractivity contribution in [3.8, 4) is 0 Å². The van der Waals surface area contributed by atoms with Crippen LogP contribution in [0.4, 0.5) is 0 Å². The SMILES string of the molecule is CCC(CC)C(=O)C1CCOC1C. The third kappa shape index (κ3) is 2.31. The fourth-order valence-corrected chi connectivity index (χ4v) is 2.10. The second-order valence-corrected chi connectivity index (χ2v) is 3.89. The summed E-state index contributed by atoms with van der Waals surface area (Å²) in [5.41, 5.74) is 0. The number of ketones is 1. The van der Waals surface area contributed by atoms with Crippen LogP contribution in [-0.2, 0) is 9.53 Å². The van der Waals surface area contributed by atoms with Gasteiger partial charge >= 0.3 is 0 Å². The highest BCUT2D eigenvalue weighted by atomic mass is 16.5. The minimum absolute atomic E-state index is 0.146. The summed E-state index contributed by atoms with van der Waals surface area (Å²) < 4.78 is 5.40. The molecule has 0 radical (unpaired) electrons. The highest BCUT2D eigenvalue weighted by Crippen LogP contribution is 2.26. The van der Waals surface area contributed by atoms with Crippen LogP contribution in [0.1, 0.15) is 40.0 Å². The van der Waals surface area contributed by atoms with Gasteiger partial charge in [-0.1, -0.05) is 13.8 Å². The van der Waals surface area contributed by atoms with E-state index in [4.69, 9.17) is 4.74 Å². The molecule has 2 unspecified atom stereocenters. The van der Waals surface area contributed by atoms with E-state index in [-0.39, 0.29) is 17.9 Å². The summed E-state index contributed by atoms with van der Waals surface area (Å²) >= 11 is 0. The first-order valence-corrected chi connectivity index (χ1v) is 5.36. The van der Waals surface area contributed by atoms with E-state index in [0.29, 0.717) is 5.78 Å². The van der Waals surface area contributed by atoms with Crippen molar-refractivity contribution in [2.75, 3.05) is 6.61 Å². The Balaban J connectivity index is 2.54. The molecule has 1 heterocycles. The van der Waals surface area contributed by atoms with Gasteiger partial charge in [0.25, 0.3) is 0 Å². The fourth-order valence-electron chi connectivity index (χ4n) is 2.10. The quantitative estimate of drug-likeness (QED) is 0.670. The Morgan fingerprint density at radius 2 is 2.08 bits per heavy atom. The summed E-state index contributed by atoms with van der Waals surface area (Å²) in [6.45, 7) is 6.95. The molecule has 2 nitrogen and oxygen atoms in total. The number of hydrogen-bond acceptors (Lipinski definition) is 2. The van der Waals surface area contributed by atoms with Crippen molar-refractivity contribution in [3.05, 3.63) is 0 Å². The van der Waals surface area contributed by atoms with Crippen LogP contribution in [0, 0.1) is 11.8 Å². The number of rotatable bonds is 4. The van der Waals surface area contributed by atoms with Crippen molar-refractivity contribution >= 4 is 5.78 Å². The van der Waals surface area contributed by atoms with E-state index in [0.717, 1.165) is 25.9 Å². The van der Waals surface area contributed by atoms with Crippen LogP contribution in [0.25, 0.3) is 0 Å². The minimum atomic E-state index is 0.146. The smallest absolute Gasteiger partial charge is 0.141 e. The Hall–Kier alpha value is -0.370. The molecule has 1 rings (SSSR count). The van der Waals surface area contributed by atoms with Crippen molar-refractivity contribution in [1.82, 2.24) is 0 Å². The summed E-state index contributed by atoms with van der Waals surface area (Å²) in [6, 6.07) is 0. The second-order valence-electron chi connectivity index (χ2n) is 3.89. The molecule has 0 bridgehead atoms. The molecule has 0 aliphatic carbocycles. The normalized spacial score (nSPS) is 28.3. The van der Waals surface area contributed by atoms with E-state index in [1.54, 1.807) is 0 Å². The minimum Gasteiger partial charge on any atom is -0.378 e. The van der Waals surface area contributed by atoms with Gasteiger partial charge in [0.05, 0.1) is 6.10 Å². The third-order valence-corrected chi connectivity index (χ3v) is 3.13. The molecule has 0 aromatic rings. The molecular formula is C11H20O2. The maximum absolute atomic E-state index is 11.9. The molecule has 2 atom stereocenters. The molecule has 0 aromatic carbocycles. The third-order valence-electron chi connectivity index (χ3n) is 3.13. The zero-order chi connectivity index (χ0) is 9.84. The average molecular weight is 184 g/mol. The Morgan fingerprint density at radius 1 is 1.46 bits per heavy atom. The van der Waals surface area contributed by atoms with Crippen LogP contribution < -0.4 is 0 Å². The Kier molecular flexibility index (Phi) is 3.91. The van der Waals surface area contributed by atoms with E-state index in [1.165, 1.54) is 0 Å². The van der Waals surface area contributed by atoms with Gasteiger partial charge < -0.3 is 4.74 Å². The predicted molar refractivity (Wildman–Crippen MR) is 52.6 cm³/mol. The first kappa shape index (κ1) is 10.7. The lowest BCUT2D eigenvalue weighted by atomic mass is 9.86. The fraction of sp³-hybridized carbons (Fsp3) is 0.909. The lowest BCUT2D eigenvalue weighted by Crippen LogP contribution is -2.27. The lowest BCUT2D eigenvalue weighted by Gasteiger charge is -2.18. The van der Waals surface area contributed by atoms with Crippen molar-refractivity contribution in [3.63, 3.8) is 0 Å². The van der Waals surface area contributed by atoms with Crippen LogP contribution in [0.2, 0.25) is 0 Å². The Bertz CT molecular complexity index is 173. The molecule has 76 valence electrons. The van der Waals surface area contributed by atoms with Gasteiger partial charge in [0.15, 0.2) is 0 Å². The monoisotopic (exact) mass is 184 g/mol. The largest absolute Gasteiger partial charge is 0.378 e. The number of ether oxygens (including phenoxy) is 1. The molecule has 0 saturated carbocycles. The topological polar surface area (TPSA) is 26.3 Å². The summed E-state index contributed by atoms with van der Waals surface area (Å²) in [5, 5.41) is 0. The van der Waals surface area contributed by atoms with E-state index in [1.807, 2.05) is 6.92 Å². The zero-order valence-electron chi connectivity index (χ0n) is 8.88. The maximum atomic E-state index is 11.9. The van der Waals surface area contributed by atoms with E-state index in [2.05, 4.69) is 13.8 Å². The van der Waals surface area contributed by atoms with Crippen LogP contribution in [0.3, 0.4) is 0 Å². The molecule has 0 N–H and O–H groups in total. The molecule has 0 amide bonds. The van der Waals surface area contributed by atoms with Crippen molar-refractivity contribution in [2.45, 2.75) is 46.1 Å². The average Bonchev–Trinajstić information content (AvgIpc) is 2.53. The molecule has 1 fully saturated rings. The molecule has 2 heteroatoms. The van der Waals surface area contributed by atoms with Gasteiger partial charge in [-0.05, 0) is 26.2 Å². The molecule has 1 aliphatic heterocycles. The number of carbonyl (C=O) groups excluding carboxylic acids is 1. The van der Waals surface area contributed by atoms with Crippen molar-refractivity contribution in [1.29, 1.82) is 0 Å². The van der Waals surface area contributed by atoms with Crippen molar-refractivity contribution < 1.29 is 9.53 Å². The van der Waals surface area contributed by atoms with Gasteiger partial charge in [0.2, 0.25) is 0 Å². The van der Waals surface area contributed by atoms with Gasteiger partial charge in [-0.3, -0.25) is 4.79 Å². The van der Waals surface area contributed by atoms with Crippen molar-refractivity contribution in [2.24, 2.45) is 11.8 Å². The molecule has 13 heavy (non-hydrogen) atoms. The number of carbonyl (C=O) groups is 1. The summed E-state index contributed by atoms with van der Waals surface area (Å²) in [4.78, 5) is 11.9. The van der Waals surface area contributed by atoms with Crippen LogP contribution in [0.5, 0.6) is 0 Å².